The molecule has 0 aliphatic heterocycles. The molecule has 112 valence electrons. The molecule has 4 heteroatoms. The molecule has 0 N–H and O–H groups in total. The van der Waals surface area contributed by atoms with Crippen molar-refractivity contribution < 1.29 is 9.47 Å². The summed E-state index contributed by atoms with van der Waals surface area (Å²) in [5, 5.41) is 8.76. The van der Waals surface area contributed by atoms with E-state index in [1.54, 1.807) is 12.1 Å². The van der Waals surface area contributed by atoms with Gasteiger partial charge in [-0.15, -0.1) is 0 Å². The first-order valence-corrected chi connectivity index (χ1v) is 7.14. The van der Waals surface area contributed by atoms with Crippen molar-refractivity contribution in [2.45, 2.75) is 6.61 Å². The highest BCUT2D eigenvalue weighted by Crippen LogP contribution is 2.24. The van der Waals surface area contributed by atoms with Gasteiger partial charge >= 0.3 is 0 Å². The molecule has 3 aromatic rings. The van der Waals surface area contributed by atoms with Crippen LogP contribution in [0.15, 0.2) is 72.9 Å². The maximum atomic E-state index is 8.76. The molecule has 0 atom stereocenters. The van der Waals surface area contributed by atoms with Crippen LogP contribution in [0.1, 0.15) is 11.1 Å². The number of rotatable bonds is 5. The molecule has 1 aromatic heterocycles. The Labute approximate surface area is 134 Å². The summed E-state index contributed by atoms with van der Waals surface area (Å²) in [7, 11) is 0. The lowest BCUT2D eigenvalue weighted by molar-refractivity contribution is 0.304. The molecular weight excluding hydrogens is 288 g/mol. The van der Waals surface area contributed by atoms with E-state index in [1.165, 1.54) is 6.20 Å². The molecule has 0 bridgehead atoms. The zero-order chi connectivity index (χ0) is 15.9. The zero-order valence-electron chi connectivity index (χ0n) is 12.3. The van der Waals surface area contributed by atoms with Gasteiger partial charge in [-0.1, -0.05) is 36.4 Å². The number of benzene rings is 2. The summed E-state index contributed by atoms with van der Waals surface area (Å²) < 4.78 is 11.4. The largest absolute Gasteiger partial charge is 0.489 e. The van der Waals surface area contributed by atoms with E-state index in [2.05, 4.69) is 4.98 Å². The highest BCUT2D eigenvalue weighted by atomic mass is 16.5. The molecule has 3 rings (SSSR count). The van der Waals surface area contributed by atoms with E-state index in [4.69, 9.17) is 14.7 Å². The molecule has 0 spiro atoms. The van der Waals surface area contributed by atoms with E-state index < -0.39 is 0 Å². The third-order valence-electron chi connectivity index (χ3n) is 3.14. The number of hydrogen-bond donors (Lipinski definition) is 0. The number of nitrogens with zero attached hydrogens (tertiary/aromatic N) is 2. The second kappa shape index (κ2) is 7.10. The number of pyridine rings is 1. The van der Waals surface area contributed by atoms with E-state index in [9.17, 15) is 0 Å². The summed E-state index contributed by atoms with van der Waals surface area (Å²) in [5.41, 5.74) is 1.60. The van der Waals surface area contributed by atoms with Gasteiger partial charge in [-0.3, -0.25) is 0 Å². The smallest absolute Gasteiger partial charge is 0.219 e. The standard InChI is InChI=1S/C19H14N2O2/c20-12-16-9-10-19(21-13-16)23-18-8-4-7-17(11-18)22-14-15-5-2-1-3-6-15/h1-11,13H,14H2. The Morgan fingerprint density at radius 1 is 0.913 bits per heavy atom. The molecular formula is C19H14N2O2. The minimum atomic E-state index is 0.434. The third kappa shape index (κ3) is 4.08. The Hall–Kier alpha value is -3.32. The lowest BCUT2D eigenvalue weighted by Gasteiger charge is -2.09. The van der Waals surface area contributed by atoms with Gasteiger partial charge in [0.1, 0.15) is 24.2 Å². The number of hydrogen-bond acceptors (Lipinski definition) is 4. The number of ether oxygens (including phenoxy) is 2. The molecule has 4 nitrogen and oxygen atoms in total. The van der Waals surface area contributed by atoms with Crippen molar-refractivity contribution in [3.8, 4) is 23.4 Å². The van der Waals surface area contributed by atoms with E-state index in [-0.39, 0.29) is 0 Å². The van der Waals surface area contributed by atoms with E-state index in [0.29, 0.717) is 23.8 Å². The van der Waals surface area contributed by atoms with Crippen LogP contribution >= 0.6 is 0 Å². The van der Waals surface area contributed by atoms with Gasteiger partial charge in [0.15, 0.2) is 0 Å². The molecule has 0 aliphatic rings. The maximum absolute atomic E-state index is 8.76. The summed E-state index contributed by atoms with van der Waals surface area (Å²) in [5.74, 6) is 1.79. The normalized spacial score (nSPS) is 9.87. The molecule has 0 saturated heterocycles. The summed E-state index contributed by atoms with van der Waals surface area (Å²) in [4.78, 5) is 4.08. The Morgan fingerprint density at radius 3 is 2.48 bits per heavy atom. The fourth-order valence-electron chi connectivity index (χ4n) is 2.00. The average molecular weight is 302 g/mol. The lowest BCUT2D eigenvalue weighted by atomic mass is 10.2. The highest BCUT2D eigenvalue weighted by Gasteiger charge is 2.02. The Balaban J connectivity index is 1.66. The van der Waals surface area contributed by atoms with Crippen LogP contribution in [0.5, 0.6) is 17.4 Å². The molecule has 0 unspecified atom stereocenters. The number of nitriles is 1. The Morgan fingerprint density at radius 2 is 1.74 bits per heavy atom. The van der Waals surface area contributed by atoms with Gasteiger partial charge in [0.25, 0.3) is 0 Å². The minimum absolute atomic E-state index is 0.434. The molecule has 0 amide bonds. The third-order valence-corrected chi connectivity index (χ3v) is 3.14. The fourth-order valence-corrected chi connectivity index (χ4v) is 2.00. The van der Waals surface area contributed by atoms with Crippen LogP contribution in [0.3, 0.4) is 0 Å². The van der Waals surface area contributed by atoms with Gasteiger partial charge in [-0.2, -0.15) is 5.26 Å². The van der Waals surface area contributed by atoms with Crippen molar-refractivity contribution in [3.63, 3.8) is 0 Å². The van der Waals surface area contributed by atoms with Gasteiger partial charge in [0.2, 0.25) is 5.88 Å². The molecule has 0 fully saturated rings. The monoisotopic (exact) mass is 302 g/mol. The molecule has 0 radical (unpaired) electrons. The second-order valence-electron chi connectivity index (χ2n) is 4.85. The highest BCUT2D eigenvalue weighted by molar-refractivity contribution is 5.36. The van der Waals surface area contributed by atoms with Crippen molar-refractivity contribution in [1.82, 2.24) is 4.98 Å². The maximum Gasteiger partial charge on any atom is 0.219 e. The van der Waals surface area contributed by atoms with Crippen LogP contribution in [0.4, 0.5) is 0 Å². The van der Waals surface area contributed by atoms with Crippen LogP contribution in [0, 0.1) is 11.3 Å². The van der Waals surface area contributed by atoms with Crippen molar-refractivity contribution in [2.75, 3.05) is 0 Å². The predicted molar refractivity (Wildman–Crippen MR) is 86.2 cm³/mol. The quantitative estimate of drug-likeness (QED) is 0.704. The number of aromatic nitrogens is 1. The Bertz CT molecular complexity index is 809. The van der Waals surface area contributed by atoms with Crippen LogP contribution < -0.4 is 9.47 Å². The van der Waals surface area contributed by atoms with Crippen LogP contribution in [-0.2, 0) is 6.61 Å². The Kier molecular flexibility index (Phi) is 4.51. The van der Waals surface area contributed by atoms with Gasteiger partial charge in [0, 0.05) is 18.3 Å². The summed E-state index contributed by atoms with van der Waals surface area (Å²) in [6.45, 7) is 0.499. The van der Waals surface area contributed by atoms with Crippen LogP contribution in [0.25, 0.3) is 0 Å². The van der Waals surface area contributed by atoms with Gasteiger partial charge < -0.3 is 9.47 Å². The van der Waals surface area contributed by atoms with E-state index >= 15 is 0 Å². The topological polar surface area (TPSA) is 55.1 Å². The first-order valence-electron chi connectivity index (χ1n) is 7.14. The molecule has 0 aliphatic carbocycles. The molecule has 23 heavy (non-hydrogen) atoms. The van der Waals surface area contributed by atoms with Crippen molar-refractivity contribution >= 4 is 0 Å². The second-order valence-corrected chi connectivity index (χ2v) is 4.85. The molecule has 0 saturated carbocycles. The average Bonchev–Trinajstić information content (AvgIpc) is 2.62. The minimum Gasteiger partial charge on any atom is -0.489 e. The van der Waals surface area contributed by atoms with E-state index in [1.807, 2.05) is 60.7 Å². The first kappa shape index (κ1) is 14.6. The van der Waals surface area contributed by atoms with Crippen molar-refractivity contribution in [2.24, 2.45) is 0 Å². The molecule has 1 heterocycles. The van der Waals surface area contributed by atoms with Gasteiger partial charge in [-0.25, -0.2) is 4.98 Å². The van der Waals surface area contributed by atoms with Gasteiger partial charge in [0.05, 0.1) is 5.56 Å². The van der Waals surface area contributed by atoms with Crippen LogP contribution in [-0.4, -0.2) is 4.98 Å². The summed E-state index contributed by atoms with van der Waals surface area (Å²) in [6.07, 6.45) is 1.48. The van der Waals surface area contributed by atoms with Crippen LogP contribution in [0.2, 0.25) is 0 Å². The fraction of sp³-hybridized carbons (Fsp3) is 0.0526. The zero-order valence-corrected chi connectivity index (χ0v) is 12.3. The summed E-state index contributed by atoms with van der Waals surface area (Å²) >= 11 is 0. The van der Waals surface area contributed by atoms with Crippen molar-refractivity contribution in [3.05, 3.63) is 84.1 Å². The van der Waals surface area contributed by atoms with Crippen molar-refractivity contribution in [1.29, 1.82) is 5.26 Å². The SMILES string of the molecule is N#Cc1ccc(Oc2cccc(OCc3ccccc3)c2)nc1. The first-order chi connectivity index (χ1) is 11.3. The lowest BCUT2D eigenvalue weighted by Crippen LogP contribution is -1.95. The molecule has 2 aromatic carbocycles. The summed E-state index contributed by atoms with van der Waals surface area (Å²) in [6, 6.07) is 22.7. The van der Waals surface area contributed by atoms with E-state index in [0.717, 1.165) is 11.3 Å². The predicted octanol–water partition coefficient (Wildman–Crippen LogP) is 4.32. The van der Waals surface area contributed by atoms with Gasteiger partial charge in [-0.05, 0) is 23.8 Å².